The van der Waals surface area contributed by atoms with Crippen LogP contribution in [-0.4, -0.2) is 41.5 Å². The highest BCUT2D eigenvalue weighted by Crippen LogP contribution is 2.28. The van der Waals surface area contributed by atoms with E-state index < -0.39 is 0 Å². The van der Waals surface area contributed by atoms with Gasteiger partial charge >= 0.3 is 0 Å². The molecular weight excluding hydrogens is 270 g/mol. The summed E-state index contributed by atoms with van der Waals surface area (Å²) in [6.07, 6.45) is 6.40. The number of rotatable bonds is 6. The van der Waals surface area contributed by atoms with Crippen molar-refractivity contribution in [2.45, 2.75) is 44.6 Å². The molecule has 1 aromatic rings. The lowest BCUT2D eigenvalue weighted by Gasteiger charge is -2.32. The Morgan fingerprint density at radius 2 is 2.15 bits per heavy atom. The van der Waals surface area contributed by atoms with E-state index in [1.54, 1.807) is 11.3 Å². The second kappa shape index (κ2) is 6.68. The van der Waals surface area contributed by atoms with Crippen LogP contribution in [0.3, 0.4) is 0 Å². The zero-order chi connectivity index (χ0) is 13.8. The number of hydrogen-bond donors (Lipinski definition) is 1. The molecule has 110 valence electrons. The van der Waals surface area contributed by atoms with E-state index in [9.17, 15) is 4.79 Å². The Labute approximate surface area is 124 Å². The zero-order valence-electron chi connectivity index (χ0n) is 11.9. The molecule has 1 saturated carbocycles. The summed E-state index contributed by atoms with van der Waals surface area (Å²) in [6.45, 7) is 3.01. The first kappa shape index (κ1) is 14.0. The van der Waals surface area contributed by atoms with Crippen molar-refractivity contribution >= 4 is 17.2 Å². The Kier molecular flexibility index (Phi) is 4.68. The molecule has 20 heavy (non-hydrogen) atoms. The van der Waals surface area contributed by atoms with Gasteiger partial charge in [0.15, 0.2) is 0 Å². The van der Waals surface area contributed by atoms with Gasteiger partial charge in [-0.15, -0.1) is 11.3 Å². The van der Waals surface area contributed by atoms with E-state index in [1.807, 2.05) is 15.8 Å². The van der Waals surface area contributed by atoms with Gasteiger partial charge in [-0.2, -0.15) is 0 Å². The van der Waals surface area contributed by atoms with E-state index in [-0.39, 0.29) is 0 Å². The molecule has 3 rings (SSSR count). The number of piperidine rings is 1. The molecule has 0 radical (unpaired) electrons. The van der Waals surface area contributed by atoms with Crippen molar-refractivity contribution in [3.05, 3.63) is 16.6 Å². The highest BCUT2D eigenvalue weighted by atomic mass is 32.1. The maximum Gasteiger partial charge on any atom is 0.222 e. The molecule has 4 nitrogen and oxygen atoms in total. The van der Waals surface area contributed by atoms with Gasteiger partial charge in [0.25, 0.3) is 0 Å². The van der Waals surface area contributed by atoms with Crippen molar-refractivity contribution in [2.75, 3.05) is 19.6 Å². The summed E-state index contributed by atoms with van der Waals surface area (Å²) in [5, 5.41) is 5.68. The standard InChI is InChI=1S/C15H23N3OS/c19-15(4-3-14-10-20-11-17-14)18-7-5-13(6-8-18)16-9-12-1-2-12/h10-13,16H,1-9H2. The SMILES string of the molecule is O=C(CCc1cscn1)N1CCC(NCC2CC2)CC1. The molecule has 1 N–H and O–H groups in total. The summed E-state index contributed by atoms with van der Waals surface area (Å²) in [6, 6.07) is 0.623. The van der Waals surface area contributed by atoms with E-state index in [1.165, 1.54) is 19.4 Å². The normalized spacial score (nSPS) is 20.3. The van der Waals surface area contributed by atoms with E-state index in [0.29, 0.717) is 18.4 Å². The van der Waals surface area contributed by atoms with Crippen LogP contribution in [0.25, 0.3) is 0 Å². The monoisotopic (exact) mass is 293 g/mol. The summed E-state index contributed by atoms with van der Waals surface area (Å²) in [5.41, 5.74) is 2.88. The zero-order valence-corrected chi connectivity index (χ0v) is 12.7. The van der Waals surface area contributed by atoms with Crippen LogP contribution in [0, 0.1) is 5.92 Å². The number of amides is 1. The van der Waals surface area contributed by atoms with Gasteiger partial charge in [0.1, 0.15) is 0 Å². The molecule has 2 fully saturated rings. The van der Waals surface area contributed by atoms with Crippen molar-refractivity contribution in [3.63, 3.8) is 0 Å². The third-order valence-electron chi connectivity index (χ3n) is 4.32. The highest BCUT2D eigenvalue weighted by molar-refractivity contribution is 7.07. The quantitative estimate of drug-likeness (QED) is 0.873. The average Bonchev–Trinajstić information content (AvgIpc) is 3.17. The third-order valence-corrected chi connectivity index (χ3v) is 4.95. The molecule has 2 aliphatic rings. The number of nitrogens with one attached hydrogen (secondary N) is 1. The van der Waals surface area contributed by atoms with Crippen LogP contribution in [0.15, 0.2) is 10.9 Å². The maximum absolute atomic E-state index is 12.2. The van der Waals surface area contributed by atoms with Gasteiger partial charge in [0, 0.05) is 30.9 Å². The summed E-state index contributed by atoms with van der Waals surface area (Å²) in [4.78, 5) is 18.4. The second-order valence-electron chi connectivity index (χ2n) is 5.99. The van der Waals surface area contributed by atoms with Gasteiger partial charge in [-0.05, 0) is 44.6 Å². The van der Waals surface area contributed by atoms with Crippen LogP contribution in [-0.2, 0) is 11.2 Å². The van der Waals surface area contributed by atoms with Crippen molar-refractivity contribution < 1.29 is 4.79 Å². The van der Waals surface area contributed by atoms with Crippen LogP contribution in [0.2, 0.25) is 0 Å². The van der Waals surface area contributed by atoms with Crippen LogP contribution in [0.5, 0.6) is 0 Å². The number of thiazole rings is 1. The first-order valence-corrected chi connectivity index (χ1v) is 8.64. The minimum atomic E-state index is 0.290. The maximum atomic E-state index is 12.2. The molecule has 0 unspecified atom stereocenters. The fourth-order valence-corrected chi connectivity index (χ4v) is 3.34. The van der Waals surface area contributed by atoms with Gasteiger partial charge in [-0.1, -0.05) is 0 Å². The highest BCUT2D eigenvalue weighted by Gasteiger charge is 2.25. The predicted octanol–water partition coefficient (Wildman–Crippen LogP) is 2.07. The number of likely N-dealkylation sites (tertiary alicyclic amines) is 1. The van der Waals surface area contributed by atoms with Crippen molar-refractivity contribution in [3.8, 4) is 0 Å². The van der Waals surface area contributed by atoms with Crippen LogP contribution < -0.4 is 5.32 Å². The lowest BCUT2D eigenvalue weighted by molar-refractivity contribution is -0.132. The first-order chi connectivity index (χ1) is 9.81. The first-order valence-electron chi connectivity index (χ1n) is 7.69. The Morgan fingerprint density at radius 1 is 1.35 bits per heavy atom. The Morgan fingerprint density at radius 3 is 2.80 bits per heavy atom. The molecular formula is C15H23N3OS. The molecule has 0 spiro atoms. The molecule has 1 aliphatic carbocycles. The number of carbonyl (C=O) groups is 1. The Balaban J connectivity index is 1.35. The molecule has 1 amide bonds. The van der Waals surface area contributed by atoms with Gasteiger partial charge in [0.05, 0.1) is 11.2 Å². The average molecular weight is 293 g/mol. The van der Waals surface area contributed by atoms with Gasteiger partial charge < -0.3 is 10.2 Å². The lowest BCUT2D eigenvalue weighted by Crippen LogP contribution is -2.45. The molecule has 0 bridgehead atoms. The lowest BCUT2D eigenvalue weighted by atomic mass is 10.0. The molecule has 0 atom stereocenters. The van der Waals surface area contributed by atoms with Gasteiger partial charge in [-0.3, -0.25) is 4.79 Å². The summed E-state index contributed by atoms with van der Waals surface area (Å²) < 4.78 is 0. The second-order valence-corrected chi connectivity index (χ2v) is 6.71. The minimum Gasteiger partial charge on any atom is -0.343 e. The van der Waals surface area contributed by atoms with E-state index in [2.05, 4.69) is 10.3 Å². The number of carbonyl (C=O) groups excluding carboxylic acids is 1. The van der Waals surface area contributed by atoms with E-state index in [4.69, 9.17) is 0 Å². The molecule has 5 heteroatoms. The number of aryl methyl sites for hydroxylation is 1. The molecule has 1 aliphatic heterocycles. The van der Waals surface area contributed by atoms with Crippen molar-refractivity contribution in [1.29, 1.82) is 0 Å². The minimum absolute atomic E-state index is 0.290. The van der Waals surface area contributed by atoms with Crippen LogP contribution in [0.1, 0.15) is 37.8 Å². The van der Waals surface area contributed by atoms with Crippen LogP contribution >= 0.6 is 11.3 Å². The van der Waals surface area contributed by atoms with E-state index in [0.717, 1.165) is 44.0 Å². The molecule has 0 aromatic carbocycles. The topological polar surface area (TPSA) is 45.2 Å². The summed E-state index contributed by atoms with van der Waals surface area (Å²) in [5.74, 6) is 1.23. The van der Waals surface area contributed by atoms with E-state index >= 15 is 0 Å². The van der Waals surface area contributed by atoms with Gasteiger partial charge in [0.2, 0.25) is 5.91 Å². The van der Waals surface area contributed by atoms with Gasteiger partial charge in [-0.25, -0.2) is 4.98 Å². The number of hydrogen-bond acceptors (Lipinski definition) is 4. The summed E-state index contributed by atoms with van der Waals surface area (Å²) >= 11 is 1.60. The largest absolute Gasteiger partial charge is 0.343 e. The van der Waals surface area contributed by atoms with Crippen molar-refractivity contribution in [2.24, 2.45) is 5.92 Å². The molecule has 1 saturated heterocycles. The predicted molar refractivity (Wildman–Crippen MR) is 80.8 cm³/mol. The smallest absolute Gasteiger partial charge is 0.222 e. The molecule has 2 heterocycles. The third kappa shape index (κ3) is 4.03. The molecule has 1 aromatic heterocycles. The Hall–Kier alpha value is -0.940. The summed E-state index contributed by atoms with van der Waals surface area (Å²) in [7, 11) is 0. The van der Waals surface area contributed by atoms with Crippen LogP contribution in [0.4, 0.5) is 0 Å². The van der Waals surface area contributed by atoms with Crippen molar-refractivity contribution in [1.82, 2.24) is 15.2 Å². The Bertz CT molecular complexity index is 422. The number of nitrogens with zero attached hydrogens (tertiary/aromatic N) is 2. The fourth-order valence-electron chi connectivity index (χ4n) is 2.74. The number of aromatic nitrogens is 1. The fraction of sp³-hybridized carbons (Fsp3) is 0.733.